The molecule has 0 spiro atoms. The third-order valence-electron chi connectivity index (χ3n) is 4.99. The summed E-state index contributed by atoms with van der Waals surface area (Å²) in [7, 11) is 6.70. The van der Waals surface area contributed by atoms with Crippen LogP contribution >= 0.6 is 0 Å². The van der Waals surface area contributed by atoms with Gasteiger partial charge in [0.05, 0.1) is 0 Å². The van der Waals surface area contributed by atoms with Crippen LogP contribution in [0.15, 0.2) is 0 Å². The van der Waals surface area contributed by atoms with Crippen molar-refractivity contribution in [2.24, 2.45) is 11.7 Å². The molecule has 0 bridgehead atoms. The van der Waals surface area contributed by atoms with Crippen molar-refractivity contribution in [3.63, 3.8) is 0 Å². The molecule has 0 aliphatic heterocycles. The van der Waals surface area contributed by atoms with Crippen molar-refractivity contribution in [2.75, 3.05) is 34.2 Å². The zero-order chi connectivity index (χ0) is 13.8. The fourth-order valence-electron chi connectivity index (χ4n) is 3.41. The lowest BCUT2D eigenvalue weighted by atomic mass is 9.75. The minimum absolute atomic E-state index is 0.411. The summed E-state index contributed by atoms with van der Waals surface area (Å²) in [6, 6.07) is 0.530. The summed E-state index contributed by atoms with van der Waals surface area (Å²) >= 11 is 0. The zero-order valence-electron chi connectivity index (χ0n) is 13.1. The minimum Gasteiger partial charge on any atom is -0.329 e. The quantitative estimate of drug-likeness (QED) is 0.721. The number of nitrogens with two attached hydrogens (primary N) is 1. The number of likely N-dealkylation sites (N-methyl/N-ethyl adjacent to an activating group) is 2. The molecule has 3 heteroatoms. The van der Waals surface area contributed by atoms with E-state index in [0.29, 0.717) is 17.5 Å². The van der Waals surface area contributed by atoms with Gasteiger partial charge in [0.2, 0.25) is 0 Å². The molecule has 0 saturated heterocycles. The Hall–Kier alpha value is -0.120. The highest BCUT2D eigenvalue weighted by molar-refractivity contribution is 4.99. The summed E-state index contributed by atoms with van der Waals surface area (Å²) in [5.74, 6) is 0.698. The summed E-state index contributed by atoms with van der Waals surface area (Å²) in [4.78, 5) is 4.94. The summed E-state index contributed by atoms with van der Waals surface area (Å²) in [6.45, 7) is 6.55. The lowest BCUT2D eigenvalue weighted by Crippen LogP contribution is -2.59. The van der Waals surface area contributed by atoms with Crippen LogP contribution in [0.5, 0.6) is 0 Å². The van der Waals surface area contributed by atoms with Gasteiger partial charge in [-0.15, -0.1) is 0 Å². The molecule has 1 aliphatic rings. The summed E-state index contributed by atoms with van der Waals surface area (Å²) in [5.41, 5.74) is 6.41. The predicted octanol–water partition coefficient (Wildman–Crippen LogP) is 2.17. The second kappa shape index (κ2) is 6.88. The van der Waals surface area contributed by atoms with Crippen LogP contribution in [0.4, 0.5) is 0 Å². The van der Waals surface area contributed by atoms with Gasteiger partial charge in [-0.2, -0.15) is 0 Å². The molecule has 3 nitrogen and oxygen atoms in total. The number of rotatable bonds is 8. The minimum atomic E-state index is 0.411. The van der Waals surface area contributed by atoms with Gasteiger partial charge in [-0.1, -0.05) is 20.3 Å². The van der Waals surface area contributed by atoms with Crippen molar-refractivity contribution >= 4 is 0 Å². The Bertz CT molecular complexity index is 236. The SMILES string of the molecule is CCCC(C)C(CN)N(C)CC1(N(C)C)CCC1. The predicted molar refractivity (Wildman–Crippen MR) is 79.8 cm³/mol. The largest absolute Gasteiger partial charge is 0.329 e. The molecule has 0 aromatic rings. The van der Waals surface area contributed by atoms with Crippen molar-refractivity contribution in [3.05, 3.63) is 0 Å². The van der Waals surface area contributed by atoms with Gasteiger partial charge < -0.3 is 15.5 Å². The smallest absolute Gasteiger partial charge is 0.0330 e. The Labute approximate surface area is 114 Å². The van der Waals surface area contributed by atoms with E-state index in [1.165, 1.54) is 32.1 Å². The van der Waals surface area contributed by atoms with Crippen LogP contribution in [-0.4, -0.2) is 55.6 Å². The standard InChI is InChI=1S/C15H33N3/c1-6-8-13(2)14(11-16)18(5)12-15(17(3)4)9-7-10-15/h13-14H,6-12,16H2,1-5H3. The van der Waals surface area contributed by atoms with Crippen LogP contribution in [0, 0.1) is 5.92 Å². The van der Waals surface area contributed by atoms with Crippen LogP contribution in [0.2, 0.25) is 0 Å². The fourth-order valence-corrected chi connectivity index (χ4v) is 3.41. The Kier molecular flexibility index (Phi) is 6.09. The molecule has 0 radical (unpaired) electrons. The van der Waals surface area contributed by atoms with Crippen molar-refractivity contribution < 1.29 is 0 Å². The van der Waals surface area contributed by atoms with Crippen LogP contribution in [0.1, 0.15) is 46.0 Å². The Morgan fingerprint density at radius 1 is 1.22 bits per heavy atom. The molecular formula is C15H33N3. The van der Waals surface area contributed by atoms with Gasteiger partial charge in [0.15, 0.2) is 0 Å². The highest BCUT2D eigenvalue weighted by Gasteiger charge is 2.41. The first-order valence-corrected chi connectivity index (χ1v) is 7.54. The maximum Gasteiger partial charge on any atom is 0.0330 e. The summed E-state index contributed by atoms with van der Waals surface area (Å²) in [6.07, 6.45) is 6.59. The Morgan fingerprint density at radius 2 is 1.83 bits per heavy atom. The first kappa shape index (κ1) is 15.9. The van der Waals surface area contributed by atoms with Crippen molar-refractivity contribution in [1.29, 1.82) is 0 Å². The molecule has 0 aromatic carbocycles. The highest BCUT2D eigenvalue weighted by Crippen LogP contribution is 2.37. The van der Waals surface area contributed by atoms with Crippen LogP contribution in [0.3, 0.4) is 0 Å². The van der Waals surface area contributed by atoms with E-state index in [-0.39, 0.29) is 0 Å². The molecule has 1 saturated carbocycles. The Balaban J connectivity index is 2.58. The molecular weight excluding hydrogens is 222 g/mol. The lowest BCUT2D eigenvalue weighted by molar-refractivity contribution is 0.00942. The van der Waals surface area contributed by atoms with Gasteiger partial charge in [-0.05, 0) is 52.7 Å². The topological polar surface area (TPSA) is 32.5 Å². The normalized spacial score (nSPS) is 22.0. The fraction of sp³-hybridized carbons (Fsp3) is 1.00. The van der Waals surface area contributed by atoms with Gasteiger partial charge >= 0.3 is 0 Å². The van der Waals surface area contributed by atoms with Gasteiger partial charge in [0.1, 0.15) is 0 Å². The molecule has 1 rings (SSSR count). The molecule has 1 fully saturated rings. The highest BCUT2D eigenvalue weighted by atomic mass is 15.2. The maximum atomic E-state index is 6.00. The lowest BCUT2D eigenvalue weighted by Gasteiger charge is -2.51. The first-order chi connectivity index (χ1) is 8.46. The second-order valence-electron chi connectivity index (χ2n) is 6.46. The van der Waals surface area contributed by atoms with Crippen LogP contribution < -0.4 is 5.73 Å². The first-order valence-electron chi connectivity index (χ1n) is 7.54. The number of hydrogen-bond acceptors (Lipinski definition) is 3. The average Bonchev–Trinajstić information content (AvgIpc) is 2.24. The van der Waals surface area contributed by atoms with Gasteiger partial charge in [0.25, 0.3) is 0 Å². The molecule has 0 heterocycles. The molecule has 2 N–H and O–H groups in total. The summed E-state index contributed by atoms with van der Waals surface area (Å²) < 4.78 is 0. The van der Waals surface area contributed by atoms with E-state index in [1.54, 1.807) is 0 Å². The number of hydrogen-bond donors (Lipinski definition) is 1. The van der Waals surface area contributed by atoms with Crippen LogP contribution in [0.25, 0.3) is 0 Å². The van der Waals surface area contributed by atoms with Gasteiger partial charge in [-0.25, -0.2) is 0 Å². The van der Waals surface area contributed by atoms with Gasteiger partial charge in [-0.3, -0.25) is 0 Å². The second-order valence-corrected chi connectivity index (χ2v) is 6.46. The molecule has 0 aromatic heterocycles. The van der Waals surface area contributed by atoms with Crippen molar-refractivity contribution in [3.8, 4) is 0 Å². The number of nitrogens with zero attached hydrogens (tertiary/aromatic N) is 2. The monoisotopic (exact) mass is 255 g/mol. The Morgan fingerprint density at radius 3 is 2.17 bits per heavy atom. The maximum absolute atomic E-state index is 6.00. The molecule has 18 heavy (non-hydrogen) atoms. The van der Waals surface area contributed by atoms with E-state index in [9.17, 15) is 0 Å². The zero-order valence-corrected chi connectivity index (χ0v) is 13.1. The average molecular weight is 255 g/mol. The molecule has 2 unspecified atom stereocenters. The molecule has 2 atom stereocenters. The summed E-state index contributed by atoms with van der Waals surface area (Å²) in [5, 5.41) is 0. The van der Waals surface area contributed by atoms with E-state index in [2.05, 4.69) is 44.8 Å². The third kappa shape index (κ3) is 3.46. The van der Waals surface area contributed by atoms with E-state index in [0.717, 1.165) is 13.1 Å². The molecule has 1 aliphatic carbocycles. The van der Waals surface area contributed by atoms with E-state index < -0.39 is 0 Å². The third-order valence-corrected chi connectivity index (χ3v) is 4.99. The van der Waals surface area contributed by atoms with Crippen LogP contribution in [-0.2, 0) is 0 Å². The molecule has 108 valence electrons. The molecule has 0 amide bonds. The van der Waals surface area contributed by atoms with E-state index in [1.807, 2.05) is 0 Å². The van der Waals surface area contributed by atoms with E-state index in [4.69, 9.17) is 5.73 Å². The van der Waals surface area contributed by atoms with E-state index >= 15 is 0 Å². The van der Waals surface area contributed by atoms with Gasteiger partial charge in [0, 0.05) is 24.7 Å². The van der Waals surface area contributed by atoms with Crippen molar-refractivity contribution in [1.82, 2.24) is 9.80 Å². The van der Waals surface area contributed by atoms with Crippen molar-refractivity contribution in [2.45, 2.75) is 57.5 Å².